The van der Waals surface area contributed by atoms with Gasteiger partial charge in [-0.3, -0.25) is 0 Å². The third kappa shape index (κ3) is 9.44. The number of hydrogen-bond acceptors (Lipinski definition) is 3. The molecule has 0 aliphatic rings. The minimum atomic E-state index is 0.388. The Morgan fingerprint density at radius 3 is 1.33 bits per heavy atom. The van der Waals surface area contributed by atoms with Gasteiger partial charge in [-0.05, 0) is 42.8 Å². The van der Waals surface area contributed by atoms with Crippen LogP contribution in [0.4, 0.5) is 0 Å². The molecule has 3 aromatic carbocycles. The molecule has 0 aliphatic carbocycles. The molecule has 3 nitrogen and oxygen atoms in total. The fourth-order valence-electron chi connectivity index (χ4n) is 3.57. The van der Waals surface area contributed by atoms with Gasteiger partial charge in [0, 0.05) is 6.42 Å². The zero-order valence-corrected chi connectivity index (χ0v) is 19.7. The van der Waals surface area contributed by atoms with Crippen LogP contribution in [-0.2, 0) is 0 Å². The number of para-hydroxylation sites is 3. The summed E-state index contributed by atoms with van der Waals surface area (Å²) >= 11 is 0. The van der Waals surface area contributed by atoms with Crippen LogP contribution in [-0.4, -0.2) is 0 Å². The second-order valence-electron chi connectivity index (χ2n) is 8.18. The largest absolute Gasteiger partial charge is 0.454 e. The van der Waals surface area contributed by atoms with Crippen LogP contribution in [0.25, 0.3) is 0 Å². The summed E-state index contributed by atoms with van der Waals surface area (Å²) in [5, 5.41) is 0. The zero-order valence-electron chi connectivity index (χ0n) is 19.7. The Morgan fingerprint density at radius 2 is 0.879 bits per heavy atom. The number of rotatable bonds is 15. The van der Waals surface area contributed by atoms with Crippen molar-refractivity contribution in [3.8, 4) is 17.2 Å². The first-order valence-corrected chi connectivity index (χ1v) is 12.3. The minimum absolute atomic E-state index is 0.388. The fraction of sp³-hybridized carbons (Fsp3) is 0.333. The van der Waals surface area contributed by atoms with Crippen LogP contribution in [0.15, 0.2) is 103 Å². The average molecular weight is 445 g/mol. The van der Waals surface area contributed by atoms with E-state index in [2.05, 4.69) is 6.92 Å². The van der Waals surface area contributed by atoms with Gasteiger partial charge in [0.25, 0.3) is 0 Å². The molecule has 0 aliphatic heterocycles. The number of unbranched alkanes of at least 4 members (excludes halogenated alkanes) is 7. The lowest BCUT2D eigenvalue weighted by Crippen LogP contribution is -2.12. The molecule has 0 amide bonds. The maximum Gasteiger partial charge on any atom is 0.330 e. The third-order valence-electron chi connectivity index (χ3n) is 5.38. The molecule has 0 saturated heterocycles. The van der Waals surface area contributed by atoms with Crippen molar-refractivity contribution < 1.29 is 14.2 Å². The predicted molar refractivity (Wildman–Crippen MR) is 135 cm³/mol. The Morgan fingerprint density at radius 1 is 0.485 bits per heavy atom. The van der Waals surface area contributed by atoms with Gasteiger partial charge in [0.15, 0.2) is 5.76 Å². The summed E-state index contributed by atoms with van der Waals surface area (Å²) < 4.78 is 18.7. The highest BCUT2D eigenvalue weighted by molar-refractivity contribution is 5.28. The van der Waals surface area contributed by atoms with E-state index in [-0.39, 0.29) is 0 Å². The number of hydrogen-bond donors (Lipinski definition) is 0. The van der Waals surface area contributed by atoms with Gasteiger partial charge in [0.2, 0.25) is 0 Å². The van der Waals surface area contributed by atoms with E-state index in [0.717, 1.165) is 25.0 Å². The summed E-state index contributed by atoms with van der Waals surface area (Å²) in [5.41, 5.74) is 0. The first-order valence-electron chi connectivity index (χ1n) is 12.3. The molecular weight excluding hydrogens is 408 g/mol. The van der Waals surface area contributed by atoms with Gasteiger partial charge in [0.1, 0.15) is 17.2 Å². The molecule has 0 heterocycles. The summed E-state index contributed by atoms with van der Waals surface area (Å²) in [6.45, 7) is 2.26. The molecule has 3 rings (SSSR count). The van der Waals surface area contributed by atoms with Crippen molar-refractivity contribution in [1.82, 2.24) is 0 Å². The van der Waals surface area contributed by atoms with E-state index in [1.54, 1.807) is 0 Å². The normalized spacial score (nSPS) is 10.5. The molecule has 0 spiro atoms. The van der Waals surface area contributed by atoms with E-state index in [1.807, 2.05) is 91.0 Å². The highest BCUT2D eigenvalue weighted by atomic mass is 16.7. The molecule has 3 aromatic rings. The highest BCUT2D eigenvalue weighted by Gasteiger charge is 2.16. The Bertz CT molecular complexity index is 877. The topological polar surface area (TPSA) is 27.7 Å². The van der Waals surface area contributed by atoms with E-state index in [9.17, 15) is 0 Å². The maximum absolute atomic E-state index is 6.31. The summed E-state index contributed by atoms with van der Waals surface area (Å²) in [4.78, 5) is 0. The molecule has 0 aromatic heterocycles. The summed E-state index contributed by atoms with van der Waals surface area (Å²) in [7, 11) is 0. The number of benzene rings is 3. The summed E-state index contributed by atoms with van der Waals surface area (Å²) in [6.07, 6.45) is 10.8. The van der Waals surface area contributed by atoms with Crippen LogP contribution in [0.3, 0.4) is 0 Å². The van der Waals surface area contributed by atoms with Crippen molar-refractivity contribution in [2.45, 2.75) is 64.7 Å². The predicted octanol–water partition coefficient (Wildman–Crippen LogP) is 8.92. The quantitative estimate of drug-likeness (QED) is 0.173. The van der Waals surface area contributed by atoms with Crippen molar-refractivity contribution in [2.75, 3.05) is 0 Å². The van der Waals surface area contributed by atoms with Gasteiger partial charge in [-0.15, -0.1) is 0 Å². The lowest BCUT2D eigenvalue weighted by atomic mass is 10.1. The Kier molecular flexibility index (Phi) is 11.0. The van der Waals surface area contributed by atoms with Gasteiger partial charge in [0.05, 0.1) is 0 Å². The highest BCUT2D eigenvalue weighted by Crippen LogP contribution is 2.25. The van der Waals surface area contributed by atoms with Crippen molar-refractivity contribution in [3.63, 3.8) is 0 Å². The molecule has 0 bridgehead atoms. The second-order valence-corrected chi connectivity index (χ2v) is 8.18. The Balaban J connectivity index is 1.75. The molecule has 0 atom stereocenters. The molecular formula is C30H36O3. The number of ether oxygens (including phenoxy) is 3. The SMILES string of the molecule is CCCCCCCCCCC(Oc1ccccc1)=C(Oc1ccccc1)Oc1ccccc1. The summed E-state index contributed by atoms with van der Waals surface area (Å²) in [5.74, 6) is 3.30. The van der Waals surface area contributed by atoms with Gasteiger partial charge in [-0.1, -0.05) is 106 Å². The lowest BCUT2D eigenvalue weighted by molar-refractivity contribution is 0.190. The van der Waals surface area contributed by atoms with Gasteiger partial charge < -0.3 is 14.2 Å². The van der Waals surface area contributed by atoms with Crippen molar-refractivity contribution in [3.05, 3.63) is 103 Å². The van der Waals surface area contributed by atoms with Gasteiger partial charge in [-0.25, -0.2) is 0 Å². The van der Waals surface area contributed by atoms with Crippen LogP contribution in [0.5, 0.6) is 17.2 Å². The Labute approximate surface area is 199 Å². The zero-order chi connectivity index (χ0) is 23.0. The molecule has 0 radical (unpaired) electrons. The molecule has 0 saturated carbocycles. The first-order chi connectivity index (χ1) is 16.3. The van der Waals surface area contributed by atoms with E-state index in [1.165, 1.54) is 38.5 Å². The van der Waals surface area contributed by atoms with Crippen LogP contribution >= 0.6 is 0 Å². The monoisotopic (exact) mass is 444 g/mol. The maximum atomic E-state index is 6.31. The number of allylic oxidation sites excluding steroid dienone is 1. The van der Waals surface area contributed by atoms with Crippen LogP contribution in [0, 0.1) is 0 Å². The van der Waals surface area contributed by atoms with Crippen LogP contribution in [0.2, 0.25) is 0 Å². The van der Waals surface area contributed by atoms with Crippen molar-refractivity contribution in [1.29, 1.82) is 0 Å². The first kappa shape index (κ1) is 24.4. The molecule has 174 valence electrons. The van der Waals surface area contributed by atoms with E-state index in [4.69, 9.17) is 14.2 Å². The molecule has 0 fully saturated rings. The molecule has 0 unspecified atom stereocenters. The standard InChI is InChI=1S/C30H36O3/c1-2-3-4-5-6-7-8-18-25-29(31-26-19-12-9-13-20-26)30(32-27-21-14-10-15-22-27)33-28-23-16-11-17-24-28/h9-17,19-24H,2-8,18,25H2,1H3. The minimum Gasteiger partial charge on any atom is -0.454 e. The van der Waals surface area contributed by atoms with E-state index < -0.39 is 0 Å². The van der Waals surface area contributed by atoms with E-state index in [0.29, 0.717) is 23.2 Å². The molecule has 33 heavy (non-hydrogen) atoms. The lowest BCUT2D eigenvalue weighted by Gasteiger charge is -2.17. The van der Waals surface area contributed by atoms with Crippen LogP contribution in [0.1, 0.15) is 64.7 Å². The smallest absolute Gasteiger partial charge is 0.330 e. The summed E-state index contributed by atoms with van der Waals surface area (Å²) in [6, 6.07) is 29.3. The van der Waals surface area contributed by atoms with E-state index >= 15 is 0 Å². The molecule has 0 N–H and O–H groups in total. The van der Waals surface area contributed by atoms with Gasteiger partial charge >= 0.3 is 5.95 Å². The van der Waals surface area contributed by atoms with Crippen molar-refractivity contribution in [2.24, 2.45) is 0 Å². The fourth-order valence-corrected chi connectivity index (χ4v) is 3.57. The third-order valence-corrected chi connectivity index (χ3v) is 5.38. The average Bonchev–Trinajstić information content (AvgIpc) is 2.86. The molecule has 3 heteroatoms. The van der Waals surface area contributed by atoms with Gasteiger partial charge in [-0.2, -0.15) is 0 Å². The van der Waals surface area contributed by atoms with Crippen LogP contribution < -0.4 is 14.2 Å². The Hall–Kier alpha value is -3.20. The second kappa shape index (κ2) is 14.8. The van der Waals surface area contributed by atoms with Crippen molar-refractivity contribution >= 4 is 0 Å².